The molecule has 0 saturated carbocycles. The lowest BCUT2D eigenvalue weighted by Gasteiger charge is -2.35. The number of hydrogen-bond donors (Lipinski definition) is 2. The zero-order valence-electron chi connectivity index (χ0n) is 16.1. The van der Waals surface area contributed by atoms with E-state index in [1.807, 2.05) is 25.3 Å². The number of hydrogen-bond acceptors (Lipinski definition) is 4. The topological polar surface area (TPSA) is 78.5 Å². The SMILES string of the molecule is CC(C)C(=O)N1CCCC[C@@H]1C(=O)Nc1cccc(NC(=O)c2cccs2)c1. The van der Waals surface area contributed by atoms with Gasteiger partial charge in [-0.15, -0.1) is 11.3 Å². The minimum Gasteiger partial charge on any atom is -0.330 e. The van der Waals surface area contributed by atoms with E-state index in [-0.39, 0.29) is 23.6 Å². The standard InChI is InChI=1S/C21H25N3O3S/c1-14(2)21(27)24-11-4-3-9-17(24)19(25)22-15-7-5-8-16(13-15)23-20(26)18-10-6-12-28-18/h5-8,10,12-14,17H,3-4,9,11H2,1-2H3,(H,22,25)(H,23,26)/t17-/m1/s1. The number of rotatable bonds is 5. The monoisotopic (exact) mass is 399 g/mol. The van der Waals surface area contributed by atoms with E-state index in [4.69, 9.17) is 0 Å². The van der Waals surface area contributed by atoms with Gasteiger partial charge in [0.05, 0.1) is 4.88 Å². The Kier molecular flexibility index (Phi) is 6.46. The van der Waals surface area contributed by atoms with Gasteiger partial charge in [0.15, 0.2) is 0 Å². The molecule has 3 rings (SSSR count). The van der Waals surface area contributed by atoms with Crippen molar-refractivity contribution in [2.75, 3.05) is 17.2 Å². The molecule has 0 radical (unpaired) electrons. The summed E-state index contributed by atoms with van der Waals surface area (Å²) >= 11 is 1.37. The third kappa shape index (κ3) is 4.78. The Morgan fingerprint density at radius 1 is 1.07 bits per heavy atom. The fraction of sp³-hybridized carbons (Fsp3) is 0.381. The predicted octanol–water partition coefficient (Wildman–Crippen LogP) is 3.98. The Balaban J connectivity index is 1.68. The van der Waals surface area contributed by atoms with E-state index < -0.39 is 6.04 Å². The Hall–Kier alpha value is -2.67. The van der Waals surface area contributed by atoms with E-state index in [1.54, 1.807) is 35.2 Å². The van der Waals surface area contributed by atoms with Crippen molar-refractivity contribution < 1.29 is 14.4 Å². The predicted molar refractivity (Wildman–Crippen MR) is 112 cm³/mol. The van der Waals surface area contributed by atoms with Gasteiger partial charge in [0.1, 0.15) is 6.04 Å². The molecule has 1 aromatic heterocycles. The van der Waals surface area contributed by atoms with Crippen LogP contribution in [-0.2, 0) is 9.59 Å². The summed E-state index contributed by atoms with van der Waals surface area (Å²) in [7, 11) is 0. The molecule has 3 amide bonds. The number of benzene rings is 1. The highest BCUT2D eigenvalue weighted by atomic mass is 32.1. The van der Waals surface area contributed by atoms with Crippen LogP contribution < -0.4 is 10.6 Å². The van der Waals surface area contributed by atoms with Crippen LogP contribution in [0.5, 0.6) is 0 Å². The second-order valence-corrected chi connectivity index (χ2v) is 8.15. The summed E-state index contributed by atoms with van der Waals surface area (Å²) in [4.78, 5) is 39.8. The van der Waals surface area contributed by atoms with Crippen LogP contribution in [-0.4, -0.2) is 35.2 Å². The van der Waals surface area contributed by atoms with E-state index in [0.717, 1.165) is 12.8 Å². The molecular formula is C21H25N3O3S. The summed E-state index contributed by atoms with van der Waals surface area (Å²) in [6.07, 6.45) is 2.52. The van der Waals surface area contributed by atoms with E-state index in [9.17, 15) is 14.4 Å². The van der Waals surface area contributed by atoms with Crippen molar-refractivity contribution in [3.63, 3.8) is 0 Å². The number of nitrogens with zero attached hydrogens (tertiary/aromatic N) is 1. The molecule has 28 heavy (non-hydrogen) atoms. The molecule has 2 N–H and O–H groups in total. The number of likely N-dealkylation sites (tertiary alicyclic amines) is 1. The Bertz CT molecular complexity index is 848. The fourth-order valence-electron chi connectivity index (χ4n) is 3.30. The molecule has 1 aliphatic heterocycles. The molecule has 2 aromatic rings. The maximum Gasteiger partial charge on any atom is 0.265 e. The lowest BCUT2D eigenvalue weighted by Crippen LogP contribution is -2.51. The Labute approximate surface area is 168 Å². The maximum absolute atomic E-state index is 12.8. The van der Waals surface area contributed by atoms with Gasteiger partial charge in [-0.25, -0.2) is 0 Å². The average molecular weight is 400 g/mol. The third-order valence-corrected chi connectivity index (χ3v) is 5.58. The average Bonchev–Trinajstić information content (AvgIpc) is 3.22. The quantitative estimate of drug-likeness (QED) is 0.798. The van der Waals surface area contributed by atoms with E-state index in [0.29, 0.717) is 29.2 Å². The van der Waals surface area contributed by atoms with Gasteiger partial charge in [0.2, 0.25) is 11.8 Å². The first-order chi connectivity index (χ1) is 13.5. The summed E-state index contributed by atoms with van der Waals surface area (Å²) in [5.41, 5.74) is 1.20. The van der Waals surface area contributed by atoms with Crippen molar-refractivity contribution in [1.82, 2.24) is 4.90 Å². The molecule has 0 bridgehead atoms. The molecule has 7 heteroatoms. The second-order valence-electron chi connectivity index (χ2n) is 7.20. The van der Waals surface area contributed by atoms with Crippen molar-refractivity contribution in [2.24, 2.45) is 5.92 Å². The lowest BCUT2D eigenvalue weighted by molar-refractivity contribution is -0.142. The Morgan fingerprint density at radius 2 is 1.82 bits per heavy atom. The molecular weight excluding hydrogens is 374 g/mol. The number of amides is 3. The van der Waals surface area contributed by atoms with Gasteiger partial charge in [-0.2, -0.15) is 0 Å². The number of thiophene rings is 1. The van der Waals surface area contributed by atoms with Gasteiger partial charge < -0.3 is 15.5 Å². The van der Waals surface area contributed by atoms with E-state index in [1.165, 1.54) is 11.3 Å². The zero-order valence-corrected chi connectivity index (χ0v) is 16.9. The van der Waals surface area contributed by atoms with Gasteiger partial charge in [0, 0.05) is 23.8 Å². The molecule has 0 spiro atoms. The zero-order chi connectivity index (χ0) is 20.1. The van der Waals surface area contributed by atoms with Crippen LogP contribution in [0.4, 0.5) is 11.4 Å². The first kappa shape index (κ1) is 20.1. The van der Waals surface area contributed by atoms with Gasteiger partial charge >= 0.3 is 0 Å². The van der Waals surface area contributed by atoms with Crippen molar-refractivity contribution in [2.45, 2.75) is 39.2 Å². The minimum atomic E-state index is -0.451. The van der Waals surface area contributed by atoms with Crippen LogP contribution in [0.1, 0.15) is 42.8 Å². The van der Waals surface area contributed by atoms with Crippen molar-refractivity contribution in [1.29, 1.82) is 0 Å². The highest BCUT2D eigenvalue weighted by Gasteiger charge is 2.33. The van der Waals surface area contributed by atoms with Crippen LogP contribution in [0.15, 0.2) is 41.8 Å². The molecule has 1 atom stereocenters. The fourth-order valence-corrected chi connectivity index (χ4v) is 3.92. The van der Waals surface area contributed by atoms with Crippen molar-refractivity contribution in [3.8, 4) is 0 Å². The summed E-state index contributed by atoms with van der Waals surface area (Å²) in [6, 6.07) is 10.2. The molecule has 1 aliphatic rings. The smallest absolute Gasteiger partial charge is 0.265 e. The number of piperidine rings is 1. The first-order valence-electron chi connectivity index (χ1n) is 9.52. The molecule has 1 aromatic carbocycles. The highest BCUT2D eigenvalue weighted by molar-refractivity contribution is 7.12. The van der Waals surface area contributed by atoms with E-state index >= 15 is 0 Å². The third-order valence-electron chi connectivity index (χ3n) is 4.72. The number of nitrogens with one attached hydrogen (secondary N) is 2. The van der Waals surface area contributed by atoms with Gasteiger partial charge in [0.25, 0.3) is 5.91 Å². The molecule has 148 valence electrons. The van der Waals surface area contributed by atoms with Gasteiger partial charge in [-0.1, -0.05) is 26.0 Å². The van der Waals surface area contributed by atoms with Crippen LogP contribution in [0.25, 0.3) is 0 Å². The molecule has 0 unspecified atom stereocenters. The molecule has 1 saturated heterocycles. The molecule has 6 nitrogen and oxygen atoms in total. The second kappa shape index (κ2) is 9.01. The van der Waals surface area contributed by atoms with Crippen LogP contribution in [0, 0.1) is 5.92 Å². The van der Waals surface area contributed by atoms with Crippen LogP contribution in [0.2, 0.25) is 0 Å². The molecule has 2 heterocycles. The minimum absolute atomic E-state index is 0.0109. The van der Waals surface area contributed by atoms with Gasteiger partial charge in [-0.3, -0.25) is 14.4 Å². The van der Waals surface area contributed by atoms with Gasteiger partial charge in [-0.05, 0) is 48.9 Å². The largest absolute Gasteiger partial charge is 0.330 e. The highest BCUT2D eigenvalue weighted by Crippen LogP contribution is 2.22. The van der Waals surface area contributed by atoms with Crippen molar-refractivity contribution >= 4 is 40.4 Å². The lowest BCUT2D eigenvalue weighted by atomic mass is 9.99. The maximum atomic E-state index is 12.8. The van der Waals surface area contributed by atoms with Crippen LogP contribution in [0.3, 0.4) is 0 Å². The van der Waals surface area contributed by atoms with E-state index in [2.05, 4.69) is 10.6 Å². The Morgan fingerprint density at radius 3 is 2.50 bits per heavy atom. The summed E-state index contributed by atoms with van der Waals surface area (Å²) in [5, 5.41) is 7.58. The first-order valence-corrected chi connectivity index (χ1v) is 10.4. The van der Waals surface area contributed by atoms with Crippen molar-refractivity contribution in [3.05, 3.63) is 46.7 Å². The number of carbonyl (C=O) groups excluding carboxylic acids is 3. The summed E-state index contributed by atoms with van der Waals surface area (Å²) in [5.74, 6) is -0.490. The number of anilines is 2. The molecule has 1 fully saturated rings. The summed E-state index contributed by atoms with van der Waals surface area (Å²) < 4.78 is 0. The number of carbonyl (C=O) groups is 3. The van der Waals surface area contributed by atoms with Crippen LogP contribution >= 0.6 is 11.3 Å². The summed E-state index contributed by atoms with van der Waals surface area (Å²) in [6.45, 7) is 4.32. The normalized spacial score (nSPS) is 16.7. The molecule has 0 aliphatic carbocycles.